The molecule has 1 heterocycles. The van der Waals surface area contributed by atoms with Gasteiger partial charge < -0.3 is 15.2 Å². The van der Waals surface area contributed by atoms with Crippen LogP contribution < -0.4 is 5.32 Å². The van der Waals surface area contributed by atoms with Crippen molar-refractivity contribution in [1.29, 1.82) is 0 Å². The highest BCUT2D eigenvalue weighted by atomic mass is 28.3. The summed E-state index contributed by atoms with van der Waals surface area (Å²) in [4.78, 5) is 26.5. The summed E-state index contributed by atoms with van der Waals surface area (Å²) in [5, 5.41) is 17.0. The fourth-order valence-corrected chi connectivity index (χ4v) is 4.34. The number of azide groups is 1. The average Bonchev–Trinajstić information content (AvgIpc) is 2.95. The number of hydrogen-bond donors (Lipinski definition) is 2. The van der Waals surface area contributed by atoms with E-state index < -0.39 is 20.3 Å². The predicted octanol–water partition coefficient (Wildman–Crippen LogP) is 4.99. The Morgan fingerprint density at radius 1 is 1.39 bits per heavy atom. The zero-order chi connectivity index (χ0) is 21.1. The van der Waals surface area contributed by atoms with Gasteiger partial charge in [0.25, 0.3) is 0 Å². The number of carboxylic acid groups (broad SMARTS) is 1. The first kappa shape index (κ1) is 21.3. The SMILES string of the molecule is COC(=O)NCCc1c(C(C)[Si](C)(C)C)n(C(=O)O)c2c(N=[N+]=[N-])cccc12. The van der Waals surface area contributed by atoms with Crippen LogP contribution in [0, 0.1) is 0 Å². The summed E-state index contributed by atoms with van der Waals surface area (Å²) in [7, 11) is -0.488. The minimum atomic E-state index is -1.78. The second-order valence-corrected chi connectivity index (χ2v) is 13.2. The number of fused-ring (bicyclic) bond motifs is 1. The van der Waals surface area contributed by atoms with Gasteiger partial charge in [0.2, 0.25) is 0 Å². The van der Waals surface area contributed by atoms with Gasteiger partial charge in [0, 0.05) is 22.5 Å². The monoisotopic (exact) mass is 403 g/mol. The van der Waals surface area contributed by atoms with Gasteiger partial charge in [-0.15, -0.1) is 0 Å². The molecule has 1 aromatic carbocycles. The number of hydrogen-bond acceptors (Lipinski definition) is 4. The van der Waals surface area contributed by atoms with Crippen molar-refractivity contribution >= 4 is 36.9 Å². The first-order chi connectivity index (χ1) is 13.1. The maximum atomic E-state index is 12.2. The topological polar surface area (TPSA) is 129 Å². The molecule has 9 nitrogen and oxygen atoms in total. The number of nitrogens with zero attached hydrogens (tertiary/aromatic N) is 4. The van der Waals surface area contributed by atoms with Gasteiger partial charge in [-0.2, -0.15) is 0 Å². The quantitative estimate of drug-likeness (QED) is 0.304. The molecule has 0 bridgehead atoms. The fraction of sp³-hybridized carbons (Fsp3) is 0.444. The second kappa shape index (κ2) is 8.36. The van der Waals surface area contributed by atoms with Gasteiger partial charge in [-0.3, -0.25) is 0 Å². The molecule has 1 atom stereocenters. The molecular formula is C18H25N5O4Si. The molecule has 28 heavy (non-hydrogen) atoms. The highest BCUT2D eigenvalue weighted by molar-refractivity contribution is 6.77. The first-order valence-electron chi connectivity index (χ1n) is 8.89. The summed E-state index contributed by atoms with van der Waals surface area (Å²) in [6.07, 6.45) is -1.25. The Bertz CT molecular complexity index is 957. The number of para-hydroxylation sites is 1. The third-order valence-electron chi connectivity index (χ3n) is 5.00. The Labute approximate surface area is 163 Å². The van der Waals surface area contributed by atoms with E-state index in [1.54, 1.807) is 12.1 Å². The number of nitrogens with one attached hydrogen (secondary N) is 1. The number of methoxy groups -OCH3 is 1. The van der Waals surface area contributed by atoms with E-state index in [1.165, 1.54) is 11.7 Å². The maximum absolute atomic E-state index is 12.2. The molecule has 0 spiro atoms. The van der Waals surface area contributed by atoms with Crippen molar-refractivity contribution in [2.24, 2.45) is 5.11 Å². The highest BCUT2D eigenvalue weighted by Gasteiger charge is 2.33. The molecule has 1 amide bonds. The van der Waals surface area contributed by atoms with Gasteiger partial charge in [-0.1, -0.05) is 49.9 Å². The average molecular weight is 404 g/mol. The number of carbonyl (C=O) groups is 2. The molecule has 0 aliphatic carbocycles. The van der Waals surface area contributed by atoms with Gasteiger partial charge in [-0.05, 0) is 23.1 Å². The Morgan fingerprint density at radius 2 is 2.07 bits per heavy atom. The lowest BCUT2D eigenvalue weighted by molar-refractivity contribution is 0.171. The summed E-state index contributed by atoms with van der Waals surface area (Å²) in [5.74, 6) is 0. The number of alkyl carbamates (subject to hydrolysis) is 1. The predicted molar refractivity (Wildman–Crippen MR) is 110 cm³/mol. The molecule has 2 aromatic rings. The van der Waals surface area contributed by atoms with E-state index in [1.807, 2.05) is 13.0 Å². The van der Waals surface area contributed by atoms with Crippen LogP contribution in [0.1, 0.15) is 23.7 Å². The van der Waals surface area contributed by atoms with Crippen molar-refractivity contribution in [1.82, 2.24) is 9.88 Å². The van der Waals surface area contributed by atoms with Crippen molar-refractivity contribution < 1.29 is 19.4 Å². The molecule has 2 rings (SSSR count). The van der Waals surface area contributed by atoms with Crippen LogP contribution in [-0.2, 0) is 11.2 Å². The maximum Gasteiger partial charge on any atom is 0.416 e. The third-order valence-corrected chi connectivity index (χ3v) is 7.87. The standard InChI is InChI=1S/C18H25N5O4Si/c1-11(28(3,4)5)15-13(9-10-20-17(24)27-2)12-7-6-8-14(21-22-19)16(12)23(15)18(25)26/h6-8,11H,9-10H2,1-5H3,(H,20,24)(H,25,26). The van der Waals surface area contributed by atoms with Crippen LogP contribution in [0.15, 0.2) is 23.3 Å². The van der Waals surface area contributed by atoms with Crippen molar-refractivity contribution in [3.63, 3.8) is 0 Å². The summed E-state index contributed by atoms with van der Waals surface area (Å²) < 4.78 is 5.85. The van der Waals surface area contributed by atoms with Crippen LogP contribution in [0.4, 0.5) is 15.3 Å². The number of amides is 1. The molecule has 1 aromatic heterocycles. The number of rotatable bonds is 6. The van der Waals surface area contributed by atoms with Crippen molar-refractivity contribution in [3.05, 3.63) is 39.9 Å². The Hall–Kier alpha value is -2.97. The van der Waals surface area contributed by atoms with Gasteiger partial charge in [0.05, 0.1) is 26.4 Å². The van der Waals surface area contributed by atoms with E-state index in [2.05, 4.69) is 39.7 Å². The zero-order valence-electron chi connectivity index (χ0n) is 16.7. The summed E-state index contributed by atoms with van der Waals surface area (Å²) >= 11 is 0. The molecule has 0 fully saturated rings. The number of carbonyl (C=O) groups excluding carboxylic acids is 1. The lowest BCUT2D eigenvalue weighted by Crippen LogP contribution is -2.32. The molecule has 0 aliphatic heterocycles. The van der Waals surface area contributed by atoms with E-state index >= 15 is 0 Å². The summed E-state index contributed by atoms with van der Waals surface area (Å²) in [5.41, 5.74) is 11.1. The summed E-state index contributed by atoms with van der Waals surface area (Å²) in [6.45, 7) is 8.85. The van der Waals surface area contributed by atoms with Crippen LogP contribution in [0.3, 0.4) is 0 Å². The second-order valence-electron chi connectivity index (χ2n) is 7.60. The van der Waals surface area contributed by atoms with Crippen molar-refractivity contribution in [2.75, 3.05) is 13.7 Å². The number of ether oxygens (including phenoxy) is 1. The van der Waals surface area contributed by atoms with Crippen LogP contribution in [0.2, 0.25) is 19.6 Å². The molecule has 150 valence electrons. The Kier molecular flexibility index (Phi) is 6.37. The molecule has 0 saturated heterocycles. The molecular weight excluding hydrogens is 378 g/mol. The van der Waals surface area contributed by atoms with E-state index in [0.29, 0.717) is 29.6 Å². The fourth-order valence-electron chi connectivity index (χ4n) is 3.22. The minimum Gasteiger partial charge on any atom is -0.464 e. The lowest BCUT2D eigenvalue weighted by atomic mass is 10.1. The largest absolute Gasteiger partial charge is 0.464 e. The third kappa shape index (κ3) is 4.13. The zero-order valence-corrected chi connectivity index (χ0v) is 17.7. The molecule has 0 radical (unpaired) electrons. The van der Waals surface area contributed by atoms with Crippen LogP contribution in [0.25, 0.3) is 21.3 Å². The number of aromatic nitrogens is 1. The highest BCUT2D eigenvalue weighted by Crippen LogP contribution is 2.39. The lowest BCUT2D eigenvalue weighted by Gasteiger charge is -2.27. The molecule has 0 saturated carbocycles. The van der Waals surface area contributed by atoms with Gasteiger partial charge >= 0.3 is 12.2 Å². The van der Waals surface area contributed by atoms with E-state index in [9.17, 15) is 14.7 Å². The Morgan fingerprint density at radius 3 is 2.61 bits per heavy atom. The van der Waals surface area contributed by atoms with Gasteiger partial charge in [0.15, 0.2) is 0 Å². The van der Waals surface area contributed by atoms with E-state index in [4.69, 9.17) is 5.53 Å². The van der Waals surface area contributed by atoms with Gasteiger partial charge in [-0.25, -0.2) is 14.2 Å². The van der Waals surface area contributed by atoms with Crippen molar-refractivity contribution in [2.45, 2.75) is 38.5 Å². The van der Waals surface area contributed by atoms with E-state index in [0.717, 1.165) is 5.56 Å². The first-order valence-corrected chi connectivity index (χ1v) is 12.5. The number of benzene rings is 1. The van der Waals surface area contributed by atoms with Crippen molar-refractivity contribution in [3.8, 4) is 0 Å². The van der Waals surface area contributed by atoms with E-state index in [-0.39, 0.29) is 11.2 Å². The smallest absolute Gasteiger partial charge is 0.416 e. The minimum absolute atomic E-state index is 0.0167. The Balaban J connectivity index is 2.79. The molecule has 10 heteroatoms. The molecule has 0 aliphatic rings. The van der Waals surface area contributed by atoms with Crippen LogP contribution in [-0.4, -0.2) is 43.6 Å². The summed E-state index contributed by atoms with van der Waals surface area (Å²) in [6, 6.07) is 5.15. The van der Waals surface area contributed by atoms with Crippen LogP contribution >= 0.6 is 0 Å². The normalized spacial score (nSPS) is 12.3. The molecule has 1 unspecified atom stereocenters. The molecule has 2 N–H and O–H groups in total. The van der Waals surface area contributed by atoms with Gasteiger partial charge in [0.1, 0.15) is 0 Å². The van der Waals surface area contributed by atoms with Crippen LogP contribution in [0.5, 0.6) is 0 Å².